The molecule has 1 aliphatic carbocycles. The Morgan fingerprint density at radius 2 is 2.25 bits per heavy atom. The van der Waals surface area contributed by atoms with Crippen LogP contribution in [-0.4, -0.2) is 34.2 Å². The van der Waals surface area contributed by atoms with Gasteiger partial charge in [-0.2, -0.15) is 0 Å². The van der Waals surface area contributed by atoms with Crippen LogP contribution in [0.5, 0.6) is 0 Å². The van der Waals surface area contributed by atoms with Gasteiger partial charge in [-0.3, -0.25) is 4.79 Å². The van der Waals surface area contributed by atoms with Gasteiger partial charge in [0.15, 0.2) is 0 Å². The second-order valence-corrected chi connectivity index (χ2v) is 7.52. The summed E-state index contributed by atoms with van der Waals surface area (Å²) in [5.41, 5.74) is 7.77. The summed E-state index contributed by atoms with van der Waals surface area (Å²) in [6, 6.07) is 8.24. The first-order chi connectivity index (χ1) is 11.2. The molecule has 0 spiro atoms. The molecule has 1 aliphatic rings. The molecule has 3 atom stereocenters. The average Bonchev–Trinajstić information content (AvgIpc) is 3.18. The molecule has 0 radical (unpaired) electrons. The molecular formula is C17H25ClN4OS. The zero-order valence-electron chi connectivity index (χ0n) is 13.8. The fraction of sp³-hybridized carbons (Fsp3) is 0.529. The number of aromatic amines is 1. The van der Waals surface area contributed by atoms with E-state index in [1.807, 2.05) is 24.3 Å². The summed E-state index contributed by atoms with van der Waals surface area (Å²) < 4.78 is 0. The van der Waals surface area contributed by atoms with Crippen LogP contribution in [0, 0.1) is 5.92 Å². The van der Waals surface area contributed by atoms with E-state index in [0.717, 1.165) is 36.1 Å². The van der Waals surface area contributed by atoms with Crippen molar-refractivity contribution in [2.24, 2.45) is 11.7 Å². The third-order valence-electron chi connectivity index (χ3n) is 4.57. The molecule has 1 aromatic heterocycles. The first-order valence-corrected chi connectivity index (χ1v) is 9.28. The van der Waals surface area contributed by atoms with Gasteiger partial charge in [0.1, 0.15) is 5.82 Å². The average molecular weight is 369 g/mol. The van der Waals surface area contributed by atoms with E-state index in [4.69, 9.17) is 5.73 Å². The van der Waals surface area contributed by atoms with E-state index < -0.39 is 0 Å². The van der Waals surface area contributed by atoms with Crippen molar-refractivity contribution in [2.75, 3.05) is 12.3 Å². The van der Waals surface area contributed by atoms with Crippen LogP contribution in [0.3, 0.4) is 0 Å². The number of hydrogen-bond donors (Lipinski definition) is 3. The first-order valence-electron chi connectivity index (χ1n) is 8.23. The highest BCUT2D eigenvalue weighted by Crippen LogP contribution is 2.28. The molecule has 1 heterocycles. The molecule has 3 unspecified atom stereocenters. The highest BCUT2D eigenvalue weighted by Gasteiger charge is 2.27. The Hall–Kier alpha value is -1.24. The predicted molar refractivity (Wildman–Crippen MR) is 103 cm³/mol. The van der Waals surface area contributed by atoms with Crippen LogP contribution in [0.1, 0.15) is 37.3 Å². The fourth-order valence-corrected chi connectivity index (χ4v) is 3.96. The number of carbonyl (C=O) groups is 1. The minimum atomic E-state index is 0. The van der Waals surface area contributed by atoms with Gasteiger partial charge in [-0.05, 0) is 44.4 Å². The van der Waals surface area contributed by atoms with Gasteiger partial charge in [0, 0.05) is 6.04 Å². The van der Waals surface area contributed by atoms with E-state index >= 15 is 0 Å². The topological polar surface area (TPSA) is 83.8 Å². The smallest absolute Gasteiger partial charge is 0.230 e. The molecule has 0 aliphatic heterocycles. The highest BCUT2D eigenvalue weighted by atomic mass is 35.5. The van der Waals surface area contributed by atoms with Crippen LogP contribution in [0.4, 0.5) is 0 Å². The van der Waals surface area contributed by atoms with Gasteiger partial charge in [-0.1, -0.05) is 18.6 Å². The second kappa shape index (κ2) is 8.74. The van der Waals surface area contributed by atoms with E-state index in [1.54, 1.807) is 11.8 Å². The molecule has 0 saturated heterocycles. The largest absolute Gasteiger partial charge is 0.352 e. The first kappa shape index (κ1) is 19.1. The van der Waals surface area contributed by atoms with Gasteiger partial charge in [0.05, 0.1) is 22.0 Å². The van der Waals surface area contributed by atoms with Crippen molar-refractivity contribution in [1.82, 2.24) is 15.3 Å². The monoisotopic (exact) mass is 368 g/mol. The highest BCUT2D eigenvalue weighted by molar-refractivity contribution is 8.00. The number of para-hydroxylation sites is 2. The Bertz CT molecular complexity index is 644. The van der Waals surface area contributed by atoms with Crippen molar-refractivity contribution >= 4 is 41.1 Å². The van der Waals surface area contributed by atoms with Crippen molar-refractivity contribution in [3.05, 3.63) is 30.1 Å². The zero-order chi connectivity index (χ0) is 16.2. The Kier molecular flexibility index (Phi) is 6.95. The fourth-order valence-electron chi connectivity index (χ4n) is 3.20. The van der Waals surface area contributed by atoms with Crippen LogP contribution in [0.2, 0.25) is 0 Å². The molecule has 1 aromatic carbocycles. The van der Waals surface area contributed by atoms with E-state index in [9.17, 15) is 4.79 Å². The molecule has 1 saturated carbocycles. The molecule has 7 heteroatoms. The molecule has 2 aromatic rings. The molecule has 3 rings (SSSR count). The maximum Gasteiger partial charge on any atom is 0.230 e. The third kappa shape index (κ3) is 4.43. The maximum absolute atomic E-state index is 12.2. The van der Waals surface area contributed by atoms with Crippen molar-refractivity contribution in [3.63, 3.8) is 0 Å². The molecule has 5 nitrogen and oxygen atoms in total. The van der Waals surface area contributed by atoms with E-state index in [0.29, 0.717) is 18.2 Å². The Morgan fingerprint density at radius 3 is 3.00 bits per heavy atom. The van der Waals surface area contributed by atoms with E-state index in [1.165, 1.54) is 0 Å². The summed E-state index contributed by atoms with van der Waals surface area (Å²) in [6.45, 7) is 2.74. The van der Waals surface area contributed by atoms with Crippen LogP contribution < -0.4 is 11.1 Å². The molecule has 4 N–H and O–H groups in total. The Balaban J connectivity index is 0.00000208. The van der Waals surface area contributed by atoms with Crippen LogP contribution in [-0.2, 0) is 4.79 Å². The number of carbonyl (C=O) groups excluding carboxylic acids is 1. The van der Waals surface area contributed by atoms with Gasteiger partial charge >= 0.3 is 0 Å². The van der Waals surface area contributed by atoms with Gasteiger partial charge in [0.2, 0.25) is 5.91 Å². The quantitative estimate of drug-likeness (QED) is 0.731. The number of aromatic nitrogens is 2. The standard InChI is InChI=1S/C17H24N4OS.ClH/c1-11(17-20-14-6-2-3-7-15(14)21-17)23-10-16(22)19-13-8-4-5-12(13)9-18;/h2-3,6-7,11-13H,4-5,8-10,18H2,1H3,(H,19,22)(H,20,21);1H. The number of H-pyrrole nitrogens is 1. The zero-order valence-corrected chi connectivity index (χ0v) is 15.5. The molecule has 1 fully saturated rings. The number of amides is 1. The molecule has 1 amide bonds. The van der Waals surface area contributed by atoms with Gasteiger partial charge in [-0.25, -0.2) is 4.98 Å². The lowest BCUT2D eigenvalue weighted by Gasteiger charge is -2.19. The lowest BCUT2D eigenvalue weighted by Crippen LogP contribution is -2.40. The molecular weight excluding hydrogens is 344 g/mol. The lowest BCUT2D eigenvalue weighted by molar-refractivity contribution is -0.119. The van der Waals surface area contributed by atoms with Gasteiger partial charge in [-0.15, -0.1) is 24.2 Å². The van der Waals surface area contributed by atoms with Crippen molar-refractivity contribution in [3.8, 4) is 0 Å². The Morgan fingerprint density at radius 1 is 1.46 bits per heavy atom. The van der Waals surface area contributed by atoms with Crippen LogP contribution in [0.25, 0.3) is 11.0 Å². The summed E-state index contributed by atoms with van der Waals surface area (Å²) in [5.74, 6) is 1.91. The van der Waals surface area contributed by atoms with E-state index in [2.05, 4.69) is 22.2 Å². The maximum atomic E-state index is 12.2. The molecule has 0 bridgehead atoms. The normalized spacial score (nSPS) is 21.4. The number of fused-ring (bicyclic) bond motifs is 1. The number of thioether (sulfide) groups is 1. The number of rotatable bonds is 6. The summed E-state index contributed by atoms with van der Waals surface area (Å²) >= 11 is 1.61. The summed E-state index contributed by atoms with van der Waals surface area (Å²) in [5, 5.41) is 3.30. The number of benzene rings is 1. The second-order valence-electron chi connectivity index (χ2n) is 6.19. The number of hydrogen-bond acceptors (Lipinski definition) is 4. The number of halogens is 1. The summed E-state index contributed by atoms with van der Waals surface area (Å²) in [6.07, 6.45) is 3.34. The summed E-state index contributed by atoms with van der Waals surface area (Å²) in [4.78, 5) is 20.1. The summed E-state index contributed by atoms with van der Waals surface area (Å²) in [7, 11) is 0. The van der Waals surface area contributed by atoms with Crippen LogP contribution in [0.15, 0.2) is 24.3 Å². The van der Waals surface area contributed by atoms with E-state index in [-0.39, 0.29) is 29.6 Å². The lowest BCUT2D eigenvalue weighted by atomic mass is 10.0. The van der Waals surface area contributed by atoms with Crippen molar-refractivity contribution in [1.29, 1.82) is 0 Å². The SMILES string of the molecule is CC(SCC(=O)NC1CCCC1CN)c1nc2ccccc2[nH]1.Cl. The van der Waals surface area contributed by atoms with Gasteiger partial charge < -0.3 is 16.0 Å². The minimum Gasteiger partial charge on any atom is -0.352 e. The van der Waals surface area contributed by atoms with Crippen molar-refractivity contribution in [2.45, 2.75) is 37.5 Å². The number of nitrogens with two attached hydrogens (primary N) is 1. The molecule has 24 heavy (non-hydrogen) atoms. The minimum absolute atomic E-state index is 0. The number of nitrogens with one attached hydrogen (secondary N) is 2. The van der Waals surface area contributed by atoms with Crippen molar-refractivity contribution < 1.29 is 4.79 Å². The third-order valence-corrected chi connectivity index (χ3v) is 5.72. The van der Waals surface area contributed by atoms with Gasteiger partial charge in [0.25, 0.3) is 0 Å². The molecule has 132 valence electrons. The number of imidazole rings is 1. The van der Waals surface area contributed by atoms with Crippen LogP contribution >= 0.6 is 24.2 Å². The predicted octanol–water partition coefficient (Wildman–Crippen LogP) is 3.02. The number of nitrogens with zero attached hydrogens (tertiary/aromatic N) is 1. The Labute approximate surface area is 153 Å².